The average molecular weight is 446 g/mol. The van der Waals surface area contributed by atoms with Gasteiger partial charge >= 0.3 is 0 Å². The normalized spacial score (nSPS) is 23.2. The molecule has 0 aromatic carbocycles. The number of aryl methyl sites for hydroxylation is 2. The Morgan fingerprint density at radius 2 is 2.09 bits per heavy atom. The topological polar surface area (TPSA) is 111 Å². The molecule has 3 atom stereocenters. The molecule has 3 aromatic rings. The van der Waals surface area contributed by atoms with Crippen molar-refractivity contribution in [2.24, 2.45) is 5.92 Å². The minimum Gasteiger partial charge on any atom is -0.390 e. The van der Waals surface area contributed by atoms with Gasteiger partial charge in [0.15, 0.2) is 5.65 Å². The van der Waals surface area contributed by atoms with Gasteiger partial charge in [-0.3, -0.25) is 9.78 Å². The summed E-state index contributed by atoms with van der Waals surface area (Å²) in [6.45, 7) is 5.42. The van der Waals surface area contributed by atoms with Crippen molar-refractivity contribution in [3.05, 3.63) is 53.1 Å². The number of piperidine rings is 1. The third-order valence-electron chi connectivity index (χ3n) is 6.62. The van der Waals surface area contributed by atoms with Gasteiger partial charge in [0.1, 0.15) is 11.5 Å². The second kappa shape index (κ2) is 8.45. The number of likely N-dealkylation sites (tertiary alicyclic amines) is 1. The molecule has 2 fully saturated rings. The number of anilines is 1. The van der Waals surface area contributed by atoms with Crippen molar-refractivity contribution in [2.45, 2.75) is 45.3 Å². The lowest BCUT2D eigenvalue weighted by Crippen LogP contribution is -2.39. The summed E-state index contributed by atoms with van der Waals surface area (Å²) < 4.78 is 1.75. The molecule has 1 amide bonds. The third kappa shape index (κ3) is 3.91. The van der Waals surface area contributed by atoms with Crippen molar-refractivity contribution in [2.75, 3.05) is 24.5 Å². The van der Waals surface area contributed by atoms with E-state index in [9.17, 15) is 15.2 Å². The molecular formula is C24H27N7O2. The molecule has 0 saturated carbocycles. The molecule has 2 saturated heterocycles. The molecule has 9 nitrogen and oxygen atoms in total. The first kappa shape index (κ1) is 21.3. The molecule has 2 aliphatic heterocycles. The van der Waals surface area contributed by atoms with Gasteiger partial charge in [-0.15, -0.1) is 0 Å². The molecule has 5 heterocycles. The number of nitriles is 1. The number of amides is 1. The maximum atomic E-state index is 13.3. The molecule has 0 spiro atoms. The van der Waals surface area contributed by atoms with Gasteiger partial charge in [0.05, 0.1) is 29.8 Å². The highest BCUT2D eigenvalue weighted by atomic mass is 16.3. The van der Waals surface area contributed by atoms with E-state index in [0.717, 1.165) is 41.9 Å². The van der Waals surface area contributed by atoms with Crippen LogP contribution in [0.5, 0.6) is 0 Å². The summed E-state index contributed by atoms with van der Waals surface area (Å²) in [5.74, 6) is 0.269. The number of carbonyl (C=O) groups excluding carboxylic acids is 1. The van der Waals surface area contributed by atoms with Gasteiger partial charge in [-0.05, 0) is 50.8 Å². The van der Waals surface area contributed by atoms with Gasteiger partial charge in [-0.1, -0.05) is 0 Å². The molecule has 170 valence electrons. The highest BCUT2D eigenvalue weighted by molar-refractivity contribution is 5.92. The number of nitrogens with zero attached hydrogens (tertiary/aromatic N) is 7. The predicted molar refractivity (Wildman–Crippen MR) is 122 cm³/mol. The van der Waals surface area contributed by atoms with E-state index in [4.69, 9.17) is 10.1 Å². The summed E-state index contributed by atoms with van der Waals surface area (Å²) >= 11 is 0. The number of aromatic nitrogens is 4. The summed E-state index contributed by atoms with van der Waals surface area (Å²) in [6, 6.07) is 7.69. The van der Waals surface area contributed by atoms with Crippen LogP contribution in [0.2, 0.25) is 0 Å². The Balaban J connectivity index is 1.46. The van der Waals surface area contributed by atoms with Crippen LogP contribution in [0.1, 0.15) is 52.6 Å². The summed E-state index contributed by atoms with van der Waals surface area (Å²) in [5, 5.41) is 24.2. The number of aliphatic hydroxyl groups excluding tert-OH is 1. The van der Waals surface area contributed by atoms with Crippen LogP contribution in [0.3, 0.4) is 0 Å². The van der Waals surface area contributed by atoms with Gasteiger partial charge in [0.2, 0.25) is 0 Å². The Morgan fingerprint density at radius 1 is 1.24 bits per heavy atom. The third-order valence-corrected chi connectivity index (χ3v) is 6.62. The fourth-order valence-electron chi connectivity index (χ4n) is 4.87. The molecule has 1 N–H and O–H groups in total. The van der Waals surface area contributed by atoms with Crippen LogP contribution in [-0.2, 0) is 0 Å². The monoisotopic (exact) mass is 445 g/mol. The summed E-state index contributed by atoms with van der Waals surface area (Å²) in [4.78, 5) is 26.2. The maximum Gasteiger partial charge on any atom is 0.273 e. The molecule has 0 radical (unpaired) electrons. The van der Waals surface area contributed by atoms with Crippen molar-refractivity contribution in [1.29, 1.82) is 5.26 Å². The van der Waals surface area contributed by atoms with Gasteiger partial charge in [-0.2, -0.15) is 10.4 Å². The molecule has 0 unspecified atom stereocenters. The Hall–Kier alpha value is -3.51. The van der Waals surface area contributed by atoms with E-state index in [-0.39, 0.29) is 11.9 Å². The maximum absolute atomic E-state index is 13.3. The number of rotatable bonds is 3. The minimum absolute atomic E-state index is 0.0705. The van der Waals surface area contributed by atoms with E-state index in [1.807, 2.05) is 48.0 Å². The molecule has 0 aliphatic carbocycles. The van der Waals surface area contributed by atoms with Crippen LogP contribution >= 0.6 is 0 Å². The summed E-state index contributed by atoms with van der Waals surface area (Å²) in [5.41, 5.74) is 3.89. The molecule has 33 heavy (non-hydrogen) atoms. The number of aliphatic hydroxyl groups is 1. The highest BCUT2D eigenvalue weighted by Gasteiger charge is 2.34. The Labute approximate surface area is 192 Å². The summed E-state index contributed by atoms with van der Waals surface area (Å²) in [6.07, 6.45) is 5.75. The minimum atomic E-state index is -0.676. The van der Waals surface area contributed by atoms with E-state index < -0.39 is 12.0 Å². The first-order chi connectivity index (χ1) is 15.9. The fourth-order valence-corrected chi connectivity index (χ4v) is 4.87. The number of β-amino-alcohol motifs (C(OH)–C–C–N with tert-alkyl or cyclic N) is 1. The highest BCUT2D eigenvalue weighted by Crippen LogP contribution is 2.33. The van der Waals surface area contributed by atoms with E-state index in [1.165, 1.54) is 0 Å². The quantitative estimate of drug-likeness (QED) is 0.659. The zero-order valence-electron chi connectivity index (χ0n) is 18.8. The molecule has 2 aliphatic rings. The Morgan fingerprint density at radius 3 is 2.85 bits per heavy atom. The molecule has 9 heteroatoms. The molecular weight excluding hydrogens is 418 g/mol. The molecule has 3 aromatic heterocycles. The SMILES string of the molecule is Cc1ccnc(C(=O)N2CCCC[C@H]2c2cc3nc(N4C[C@@H](C#N)[C@@H](O)C4)c(C)cn3n2)c1. The van der Waals surface area contributed by atoms with Crippen LogP contribution < -0.4 is 4.90 Å². The van der Waals surface area contributed by atoms with Gasteiger partial charge in [-0.25, -0.2) is 9.50 Å². The molecule has 0 bridgehead atoms. The van der Waals surface area contributed by atoms with Crippen LogP contribution in [0.15, 0.2) is 30.6 Å². The number of hydrogen-bond donors (Lipinski definition) is 1. The van der Waals surface area contributed by atoms with E-state index >= 15 is 0 Å². The Bertz CT molecular complexity index is 1250. The van der Waals surface area contributed by atoms with Crippen LogP contribution in [-0.4, -0.2) is 61.2 Å². The van der Waals surface area contributed by atoms with Crippen molar-refractivity contribution in [3.63, 3.8) is 0 Å². The van der Waals surface area contributed by atoms with Crippen LogP contribution in [0, 0.1) is 31.1 Å². The zero-order valence-corrected chi connectivity index (χ0v) is 18.8. The standard InChI is InChI=1S/C24H27N7O2/c1-15-6-7-26-19(9-15)24(33)30-8-4-3-5-20(30)18-10-22-27-23(16(2)12-31(22)28-18)29-13-17(11-25)21(32)14-29/h6-7,9-10,12,17,20-21,32H,3-5,8,13-14H2,1-2H3/t17-,20+,21+/m1/s1. The largest absolute Gasteiger partial charge is 0.390 e. The lowest BCUT2D eigenvalue weighted by Gasteiger charge is -2.34. The average Bonchev–Trinajstić information content (AvgIpc) is 3.40. The number of pyridine rings is 1. The van der Waals surface area contributed by atoms with E-state index in [0.29, 0.717) is 31.0 Å². The van der Waals surface area contributed by atoms with Crippen LogP contribution in [0.4, 0.5) is 5.82 Å². The van der Waals surface area contributed by atoms with Gasteiger partial charge < -0.3 is 14.9 Å². The van der Waals surface area contributed by atoms with Gasteiger partial charge in [0, 0.05) is 43.7 Å². The lowest BCUT2D eigenvalue weighted by molar-refractivity contribution is 0.0599. The molecule has 5 rings (SSSR count). The summed E-state index contributed by atoms with van der Waals surface area (Å²) in [7, 11) is 0. The van der Waals surface area contributed by atoms with Crippen molar-refractivity contribution >= 4 is 17.4 Å². The lowest BCUT2D eigenvalue weighted by atomic mass is 9.98. The zero-order chi connectivity index (χ0) is 23.1. The second-order valence-corrected chi connectivity index (χ2v) is 9.06. The van der Waals surface area contributed by atoms with Crippen molar-refractivity contribution in [1.82, 2.24) is 24.5 Å². The van der Waals surface area contributed by atoms with E-state index in [2.05, 4.69) is 11.1 Å². The van der Waals surface area contributed by atoms with Gasteiger partial charge in [0.25, 0.3) is 5.91 Å². The van der Waals surface area contributed by atoms with Crippen molar-refractivity contribution < 1.29 is 9.90 Å². The number of hydrogen-bond acceptors (Lipinski definition) is 7. The second-order valence-electron chi connectivity index (χ2n) is 9.06. The predicted octanol–water partition coefficient (Wildman–Crippen LogP) is 2.43. The van der Waals surface area contributed by atoms with E-state index in [1.54, 1.807) is 10.7 Å². The smallest absolute Gasteiger partial charge is 0.273 e. The fraction of sp³-hybridized carbons (Fsp3) is 0.458. The number of fused-ring (bicyclic) bond motifs is 1. The first-order valence-corrected chi connectivity index (χ1v) is 11.4. The number of carbonyl (C=O) groups is 1. The first-order valence-electron chi connectivity index (χ1n) is 11.4. The van der Waals surface area contributed by atoms with Crippen molar-refractivity contribution in [3.8, 4) is 6.07 Å². The van der Waals surface area contributed by atoms with Crippen LogP contribution in [0.25, 0.3) is 5.65 Å². The Kier molecular flexibility index (Phi) is 5.46.